The first-order valence-corrected chi connectivity index (χ1v) is 6.51. The van der Waals surface area contributed by atoms with E-state index >= 15 is 0 Å². The van der Waals surface area contributed by atoms with Crippen LogP contribution in [0, 0.1) is 17.7 Å². The van der Waals surface area contributed by atoms with Gasteiger partial charge >= 0.3 is 0 Å². The smallest absolute Gasteiger partial charge is 0.123 e. The summed E-state index contributed by atoms with van der Waals surface area (Å²) in [5, 5.41) is 3.25. The number of hydrogen-bond donors (Lipinski definition) is 1. The van der Waals surface area contributed by atoms with E-state index in [1.54, 1.807) is 12.1 Å². The van der Waals surface area contributed by atoms with Crippen LogP contribution in [-0.2, 0) is 6.42 Å². The van der Waals surface area contributed by atoms with Gasteiger partial charge in [0.1, 0.15) is 5.82 Å². The predicted octanol–water partition coefficient (Wildman–Crippen LogP) is 3.64. The number of rotatable bonds is 7. The number of benzene rings is 1. The topological polar surface area (TPSA) is 12.0 Å². The van der Waals surface area contributed by atoms with Gasteiger partial charge in [-0.2, -0.15) is 0 Å². The Morgan fingerprint density at radius 3 is 2.29 bits per heavy atom. The average molecular weight is 237 g/mol. The monoisotopic (exact) mass is 237 g/mol. The van der Waals surface area contributed by atoms with Crippen LogP contribution in [0.1, 0.15) is 32.3 Å². The SMILES string of the molecule is CNCC(CCC(C)C)Cc1ccc(F)cc1. The highest BCUT2D eigenvalue weighted by Gasteiger charge is 2.10. The Labute approximate surface area is 104 Å². The Bertz CT molecular complexity index is 305. The number of halogens is 1. The lowest BCUT2D eigenvalue weighted by atomic mass is 9.92. The summed E-state index contributed by atoms with van der Waals surface area (Å²) >= 11 is 0. The first kappa shape index (κ1) is 14.2. The van der Waals surface area contributed by atoms with Gasteiger partial charge in [0, 0.05) is 0 Å². The summed E-state index contributed by atoms with van der Waals surface area (Å²) in [6, 6.07) is 6.89. The molecule has 1 aromatic carbocycles. The lowest BCUT2D eigenvalue weighted by Gasteiger charge is -2.17. The van der Waals surface area contributed by atoms with Crippen molar-refractivity contribution in [3.8, 4) is 0 Å². The van der Waals surface area contributed by atoms with E-state index in [0.29, 0.717) is 5.92 Å². The second-order valence-corrected chi connectivity index (χ2v) is 5.23. The Balaban J connectivity index is 2.50. The maximum Gasteiger partial charge on any atom is 0.123 e. The van der Waals surface area contributed by atoms with Crippen LogP contribution in [0.25, 0.3) is 0 Å². The molecule has 1 unspecified atom stereocenters. The van der Waals surface area contributed by atoms with Gasteiger partial charge in [-0.1, -0.05) is 32.4 Å². The Morgan fingerprint density at radius 1 is 1.12 bits per heavy atom. The Morgan fingerprint density at radius 2 is 1.76 bits per heavy atom. The fourth-order valence-electron chi connectivity index (χ4n) is 2.09. The highest BCUT2D eigenvalue weighted by Crippen LogP contribution is 2.17. The molecular formula is C15H24FN. The molecule has 0 radical (unpaired) electrons. The van der Waals surface area contributed by atoms with E-state index in [1.807, 2.05) is 19.2 Å². The Hall–Kier alpha value is -0.890. The molecule has 0 aliphatic rings. The normalized spacial score (nSPS) is 13.0. The van der Waals surface area contributed by atoms with E-state index in [-0.39, 0.29) is 5.82 Å². The molecule has 2 heteroatoms. The van der Waals surface area contributed by atoms with Crippen LogP contribution in [0.15, 0.2) is 24.3 Å². The van der Waals surface area contributed by atoms with Gasteiger partial charge in [0.15, 0.2) is 0 Å². The lowest BCUT2D eigenvalue weighted by Crippen LogP contribution is -2.21. The molecular weight excluding hydrogens is 213 g/mol. The molecule has 1 nitrogen and oxygen atoms in total. The molecule has 1 N–H and O–H groups in total. The maximum atomic E-state index is 12.8. The first-order chi connectivity index (χ1) is 8.11. The summed E-state index contributed by atoms with van der Waals surface area (Å²) in [6.45, 7) is 5.55. The minimum absolute atomic E-state index is 0.152. The summed E-state index contributed by atoms with van der Waals surface area (Å²) in [4.78, 5) is 0. The Kier molecular flexibility index (Phi) is 6.20. The van der Waals surface area contributed by atoms with Gasteiger partial charge in [-0.25, -0.2) is 4.39 Å². The third kappa shape index (κ3) is 5.83. The zero-order valence-electron chi connectivity index (χ0n) is 11.2. The second-order valence-electron chi connectivity index (χ2n) is 5.23. The van der Waals surface area contributed by atoms with Gasteiger partial charge in [0.25, 0.3) is 0 Å². The van der Waals surface area contributed by atoms with Gasteiger partial charge in [0.05, 0.1) is 0 Å². The molecule has 0 amide bonds. The fraction of sp³-hybridized carbons (Fsp3) is 0.600. The van der Waals surface area contributed by atoms with E-state index < -0.39 is 0 Å². The zero-order valence-corrected chi connectivity index (χ0v) is 11.2. The quantitative estimate of drug-likeness (QED) is 0.763. The molecule has 0 spiro atoms. The first-order valence-electron chi connectivity index (χ1n) is 6.51. The third-order valence-electron chi connectivity index (χ3n) is 3.08. The lowest BCUT2D eigenvalue weighted by molar-refractivity contribution is 0.409. The minimum atomic E-state index is -0.152. The van der Waals surface area contributed by atoms with Crippen LogP contribution in [0.2, 0.25) is 0 Å². The molecule has 1 atom stereocenters. The minimum Gasteiger partial charge on any atom is -0.319 e. The van der Waals surface area contributed by atoms with E-state index in [1.165, 1.54) is 18.4 Å². The summed E-state index contributed by atoms with van der Waals surface area (Å²) in [7, 11) is 1.99. The van der Waals surface area contributed by atoms with Crippen molar-refractivity contribution in [3.63, 3.8) is 0 Å². The van der Waals surface area contributed by atoms with Gasteiger partial charge in [-0.15, -0.1) is 0 Å². The molecule has 0 aliphatic carbocycles. The average Bonchev–Trinajstić information content (AvgIpc) is 2.29. The molecule has 0 bridgehead atoms. The molecule has 0 saturated carbocycles. The van der Waals surface area contributed by atoms with Gasteiger partial charge in [-0.05, 0) is 56.0 Å². The van der Waals surface area contributed by atoms with Crippen LogP contribution in [0.4, 0.5) is 4.39 Å². The molecule has 0 fully saturated rings. The molecule has 0 heterocycles. The standard InChI is InChI=1S/C15H24FN/c1-12(2)4-5-14(11-17-3)10-13-6-8-15(16)9-7-13/h6-9,12,14,17H,4-5,10-11H2,1-3H3. The molecule has 0 aliphatic heterocycles. The van der Waals surface area contributed by atoms with Crippen LogP contribution in [0.5, 0.6) is 0 Å². The highest BCUT2D eigenvalue weighted by atomic mass is 19.1. The van der Waals surface area contributed by atoms with E-state index in [0.717, 1.165) is 18.9 Å². The molecule has 1 aromatic rings. The van der Waals surface area contributed by atoms with Crippen molar-refractivity contribution in [2.24, 2.45) is 11.8 Å². The number of hydrogen-bond acceptors (Lipinski definition) is 1. The molecule has 17 heavy (non-hydrogen) atoms. The third-order valence-corrected chi connectivity index (χ3v) is 3.08. The van der Waals surface area contributed by atoms with Crippen LogP contribution in [-0.4, -0.2) is 13.6 Å². The van der Waals surface area contributed by atoms with Crippen molar-refractivity contribution in [2.75, 3.05) is 13.6 Å². The summed E-state index contributed by atoms with van der Waals surface area (Å²) in [6.07, 6.45) is 3.53. The fourth-order valence-corrected chi connectivity index (χ4v) is 2.09. The van der Waals surface area contributed by atoms with Crippen LogP contribution >= 0.6 is 0 Å². The molecule has 0 aromatic heterocycles. The van der Waals surface area contributed by atoms with Crippen molar-refractivity contribution < 1.29 is 4.39 Å². The summed E-state index contributed by atoms with van der Waals surface area (Å²) in [5.41, 5.74) is 1.23. The van der Waals surface area contributed by atoms with Crippen molar-refractivity contribution >= 4 is 0 Å². The van der Waals surface area contributed by atoms with Gasteiger partial charge in [-0.3, -0.25) is 0 Å². The number of nitrogens with one attached hydrogen (secondary N) is 1. The van der Waals surface area contributed by atoms with Crippen molar-refractivity contribution in [3.05, 3.63) is 35.6 Å². The summed E-state index contributed by atoms with van der Waals surface area (Å²) in [5.74, 6) is 1.25. The van der Waals surface area contributed by atoms with Crippen molar-refractivity contribution in [1.82, 2.24) is 5.32 Å². The molecule has 1 rings (SSSR count). The van der Waals surface area contributed by atoms with Crippen molar-refractivity contribution in [2.45, 2.75) is 33.1 Å². The van der Waals surface area contributed by atoms with Crippen LogP contribution in [0.3, 0.4) is 0 Å². The largest absolute Gasteiger partial charge is 0.319 e. The predicted molar refractivity (Wildman–Crippen MR) is 71.6 cm³/mol. The van der Waals surface area contributed by atoms with E-state index in [2.05, 4.69) is 19.2 Å². The maximum absolute atomic E-state index is 12.8. The van der Waals surface area contributed by atoms with Crippen LogP contribution < -0.4 is 5.32 Å². The summed E-state index contributed by atoms with van der Waals surface area (Å²) < 4.78 is 12.8. The van der Waals surface area contributed by atoms with E-state index in [9.17, 15) is 4.39 Å². The van der Waals surface area contributed by atoms with E-state index in [4.69, 9.17) is 0 Å². The van der Waals surface area contributed by atoms with Gasteiger partial charge < -0.3 is 5.32 Å². The van der Waals surface area contributed by atoms with Crippen molar-refractivity contribution in [1.29, 1.82) is 0 Å². The molecule has 96 valence electrons. The second kappa shape index (κ2) is 7.44. The van der Waals surface area contributed by atoms with Gasteiger partial charge in [0.2, 0.25) is 0 Å². The highest BCUT2D eigenvalue weighted by molar-refractivity contribution is 5.16. The molecule has 0 saturated heterocycles. The zero-order chi connectivity index (χ0) is 12.7.